The molecule has 5 rings (SSSR count). The number of nitrogens with one attached hydrogen (secondary N) is 3. The molecule has 0 aliphatic carbocycles. The van der Waals surface area contributed by atoms with Gasteiger partial charge in [0.1, 0.15) is 16.4 Å². The third-order valence-corrected chi connectivity index (χ3v) is 9.15. The molecule has 4 aromatic rings. The van der Waals surface area contributed by atoms with Crippen LogP contribution in [0.2, 0.25) is 0 Å². The maximum absolute atomic E-state index is 13.7. The van der Waals surface area contributed by atoms with Gasteiger partial charge in [0.05, 0.1) is 25.5 Å². The Balaban J connectivity index is 1.26. The summed E-state index contributed by atoms with van der Waals surface area (Å²) >= 11 is 0. The zero-order valence-corrected chi connectivity index (χ0v) is 26.7. The number of amides is 2. The minimum atomic E-state index is -4.07. The molecule has 0 saturated carbocycles. The van der Waals surface area contributed by atoms with Gasteiger partial charge in [0.15, 0.2) is 0 Å². The summed E-state index contributed by atoms with van der Waals surface area (Å²) in [5.74, 6) is 0.414. The van der Waals surface area contributed by atoms with E-state index >= 15 is 0 Å². The Bertz CT molecular complexity index is 1800. The molecule has 1 aliphatic heterocycles. The molecule has 46 heavy (non-hydrogen) atoms. The van der Waals surface area contributed by atoms with E-state index in [0.717, 1.165) is 37.9 Å². The number of rotatable bonds is 12. The molecule has 0 radical (unpaired) electrons. The number of benzene rings is 4. The molecule has 0 spiro atoms. The molecule has 0 aromatic heterocycles. The monoisotopic (exact) mass is 642 g/mol. The number of nitrogens with zero attached hydrogens (tertiary/aromatic N) is 1. The van der Waals surface area contributed by atoms with E-state index in [1.165, 1.54) is 14.2 Å². The molecule has 10 nitrogen and oxygen atoms in total. The van der Waals surface area contributed by atoms with Crippen molar-refractivity contribution in [2.45, 2.75) is 24.2 Å². The zero-order valence-electron chi connectivity index (χ0n) is 25.9. The van der Waals surface area contributed by atoms with Crippen molar-refractivity contribution < 1.29 is 27.5 Å². The summed E-state index contributed by atoms with van der Waals surface area (Å²) < 4.78 is 40.6. The predicted octanol–water partition coefficient (Wildman–Crippen LogP) is 5.64. The SMILES string of the molecule is COc1ccccc1C(=O)NCCNc1cccc(NS(=O)(=O)c2cc(-c3cccc(C(=O)N4CCCCC4)c3)ccc2OC)c1. The molecule has 1 fully saturated rings. The van der Waals surface area contributed by atoms with Gasteiger partial charge in [0.25, 0.3) is 21.8 Å². The van der Waals surface area contributed by atoms with E-state index < -0.39 is 10.0 Å². The van der Waals surface area contributed by atoms with Gasteiger partial charge in [-0.05, 0) is 85.0 Å². The van der Waals surface area contributed by atoms with Gasteiger partial charge >= 0.3 is 0 Å². The summed E-state index contributed by atoms with van der Waals surface area (Å²) in [4.78, 5) is 27.5. The maximum atomic E-state index is 13.7. The van der Waals surface area contributed by atoms with E-state index in [4.69, 9.17) is 9.47 Å². The molecule has 0 unspecified atom stereocenters. The number of carbonyl (C=O) groups excluding carboxylic acids is 2. The fraction of sp³-hybridized carbons (Fsp3) is 0.257. The van der Waals surface area contributed by atoms with Crippen molar-refractivity contribution in [3.05, 3.63) is 102 Å². The average molecular weight is 643 g/mol. The first-order chi connectivity index (χ1) is 22.3. The van der Waals surface area contributed by atoms with E-state index in [-0.39, 0.29) is 22.5 Å². The van der Waals surface area contributed by atoms with Crippen molar-refractivity contribution in [3.63, 3.8) is 0 Å². The number of sulfonamides is 1. The summed E-state index contributed by atoms with van der Waals surface area (Å²) in [7, 11) is -1.13. The molecule has 2 amide bonds. The zero-order chi connectivity index (χ0) is 32.5. The average Bonchev–Trinajstić information content (AvgIpc) is 3.09. The summed E-state index contributed by atoms with van der Waals surface area (Å²) in [6.45, 7) is 2.24. The number of piperidine rings is 1. The lowest BCUT2D eigenvalue weighted by Gasteiger charge is -2.26. The number of carbonyl (C=O) groups is 2. The first-order valence-electron chi connectivity index (χ1n) is 15.1. The Kier molecular flexibility index (Phi) is 10.4. The van der Waals surface area contributed by atoms with Gasteiger partial charge < -0.3 is 25.0 Å². The molecule has 0 bridgehead atoms. The van der Waals surface area contributed by atoms with E-state index in [9.17, 15) is 18.0 Å². The molecule has 1 saturated heterocycles. The van der Waals surface area contributed by atoms with Crippen LogP contribution >= 0.6 is 0 Å². The highest BCUT2D eigenvalue weighted by Crippen LogP contribution is 2.32. The molecule has 1 aliphatic rings. The van der Waals surface area contributed by atoms with Crippen LogP contribution in [0.25, 0.3) is 11.1 Å². The first-order valence-corrected chi connectivity index (χ1v) is 16.6. The first kappa shape index (κ1) is 32.4. The minimum absolute atomic E-state index is 0.0168. The summed E-state index contributed by atoms with van der Waals surface area (Å²) in [6.07, 6.45) is 3.13. The van der Waals surface area contributed by atoms with Crippen molar-refractivity contribution in [3.8, 4) is 22.6 Å². The largest absolute Gasteiger partial charge is 0.496 e. The van der Waals surface area contributed by atoms with Crippen molar-refractivity contribution in [2.75, 3.05) is 50.4 Å². The second kappa shape index (κ2) is 14.8. The van der Waals surface area contributed by atoms with Gasteiger partial charge in [-0.3, -0.25) is 14.3 Å². The molecular weight excluding hydrogens is 604 g/mol. The Morgan fingerprint density at radius 3 is 2.24 bits per heavy atom. The van der Waals surface area contributed by atoms with Crippen molar-refractivity contribution in [1.29, 1.82) is 0 Å². The highest BCUT2D eigenvalue weighted by molar-refractivity contribution is 7.92. The van der Waals surface area contributed by atoms with Gasteiger partial charge in [-0.15, -0.1) is 0 Å². The van der Waals surface area contributed by atoms with Crippen molar-refractivity contribution in [2.24, 2.45) is 0 Å². The van der Waals surface area contributed by atoms with Crippen LogP contribution in [0.1, 0.15) is 40.0 Å². The summed E-state index contributed by atoms with van der Waals surface area (Å²) in [5, 5.41) is 6.05. The minimum Gasteiger partial charge on any atom is -0.496 e. The van der Waals surface area contributed by atoms with E-state index in [0.29, 0.717) is 46.9 Å². The molecule has 4 aromatic carbocycles. The van der Waals surface area contributed by atoms with Crippen LogP contribution in [0.5, 0.6) is 11.5 Å². The number of hydrogen-bond acceptors (Lipinski definition) is 7. The second-order valence-electron chi connectivity index (χ2n) is 10.9. The van der Waals surface area contributed by atoms with Gasteiger partial charge in [-0.25, -0.2) is 8.42 Å². The lowest BCUT2D eigenvalue weighted by atomic mass is 10.0. The Morgan fingerprint density at radius 1 is 0.739 bits per heavy atom. The van der Waals surface area contributed by atoms with E-state index in [1.54, 1.807) is 78.9 Å². The number of para-hydroxylation sites is 1. The van der Waals surface area contributed by atoms with Crippen LogP contribution in [-0.2, 0) is 10.0 Å². The van der Waals surface area contributed by atoms with Gasteiger partial charge in [0, 0.05) is 37.4 Å². The highest BCUT2D eigenvalue weighted by atomic mass is 32.2. The molecule has 240 valence electrons. The lowest BCUT2D eigenvalue weighted by Crippen LogP contribution is -2.35. The number of methoxy groups -OCH3 is 2. The van der Waals surface area contributed by atoms with Crippen LogP contribution in [0, 0.1) is 0 Å². The van der Waals surface area contributed by atoms with Crippen molar-refractivity contribution >= 4 is 33.2 Å². The normalized spacial score (nSPS) is 13.0. The fourth-order valence-electron chi connectivity index (χ4n) is 5.39. The van der Waals surface area contributed by atoms with Gasteiger partial charge in [-0.1, -0.05) is 36.4 Å². The van der Waals surface area contributed by atoms with Crippen LogP contribution in [0.3, 0.4) is 0 Å². The Morgan fingerprint density at radius 2 is 1.46 bits per heavy atom. The number of likely N-dealkylation sites (tertiary alicyclic amines) is 1. The predicted molar refractivity (Wildman–Crippen MR) is 179 cm³/mol. The summed E-state index contributed by atoms with van der Waals surface area (Å²) in [5.41, 5.74) is 3.40. The third kappa shape index (κ3) is 7.78. The van der Waals surface area contributed by atoms with Crippen LogP contribution < -0.4 is 24.8 Å². The topological polar surface area (TPSA) is 126 Å². The van der Waals surface area contributed by atoms with Crippen LogP contribution in [0.4, 0.5) is 11.4 Å². The number of hydrogen-bond donors (Lipinski definition) is 3. The second-order valence-corrected chi connectivity index (χ2v) is 12.5. The van der Waals surface area contributed by atoms with Gasteiger partial charge in [-0.2, -0.15) is 0 Å². The molecule has 1 heterocycles. The smallest absolute Gasteiger partial charge is 0.265 e. The number of ether oxygens (including phenoxy) is 2. The van der Waals surface area contributed by atoms with Crippen LogP contribution in [0.15, 0.2) is 95.9 Å². The molecule has 0 atom stereocenters. The Labute approximate surface area is 269 Å². The molecular formula is C35H38N4O6S. The molecule has 3 N–H and O–H groups in total. The summed E-state index contributed by atoms with van der Waals surface area (Å²) in [6, 6.07) is 26.0. The third-order valence-electron chi connectivity index (χ3n) is 7.75. The molecule has 11 heteroatoms. The lowest BCUT2D eigenvalue weighted by molar-refractivity contribution is 0.0724. The quantitative estimate of drug-likeness (QED) is 0.171. The van der Waals surface area contributed by atoms with Gasteiger partial charge in [0.2, 0.25) is 0 Å². The fourth-order valence-corrected chi connectivity index (χ4v) is 6.64. The van der Waals surface area contributed by atoms with Crippen LogP contribution in [-0.4, -0.2) is 65.5 Å². The highest BCUT2D eigenvalue weighted by Gasteiger charge is 2.22. The maximum Gasteiger partial charge on any atom is 0.265 e. The van der Waals surface area contributed by atoms with E-state index in [1.807, 2.05) is 17.0 Å². The Hall–Kier alpha value is -5.03. The van der Waals surface area contributed by atoms with Crippen molar-refractivity contribution in [1.82, 2.24) is 10.2 Å². The number of anilines is 2. The van der Waals surface area contributed by atoms with E-state index in [2.05, 4.69) is 15.4 Å². The standard InChI is InChI=1S/C35H38N4O6S/c1-44-31-15-5-4-14-30(31)34(40)37-19-18-36-28-12-9-13-29(24-28)38-46(42,43)33-23-26(16-17-32(33)45-2)25-10-8-11-27(22-25)35(41)39-20-6-3-7-21-39/h4-5,8-17,22-24,36,38H,3,6-7,18-21H2,1-2H3,(H,37,40).